The van der Waals surface area contributed by atoms with Crippen LogP contribution in [0.25, 0.3) is 0 Å². The number of aromatic nitrogens is 1. The van der Waals surface area contributed by atoms with Crippen molar-refractivity contribution in [3.63, 3.8) is 0 Å². The standard InChI is InChI=1S/C12H21N3S/c1-9-6-15(5-4-12(9)13-3)7-11-8-16-10(2)14-11/h8-9,12-13H,4-7H2,1-3H3. The van der Waals surface area contributed by atoms with Crippen LogP contribution in [-0.4, -0.2) is 36.1 Å². The number of piperidine rings is 1. The van der Waals surface area contributed by atoms with E-state index in [-0.39, 0.29) is 0 Å². The Morgan fingerprint density at radius 2 is 2.44 bits per heavy atom. The summed E-state index contributed by atoms with van der Waals surface area (Å²) in [4.78, 5) is 7.05. The second-order valence-corrected chi connectivity index (χ2v) is 5.82. The number of nitrogens with zero attached hydrogens (tertiary/aromatic N) is 2. The molecule has 0 aliphatic carbocycles. The smallest absolute Gasteiger partial charge is 0.0897 e. The molecule has 4 heteroatoms. The summed E-state index contributed by atoms with van der Waals surface area (Å²) in [5.41, 5.74) is 1.23. The highest BCUT2D eigenvalue weighted by molar-refractivity contribution is 7.09. The van der Waals surface area contributed by atoms with Gasteiger partial charge in [0, 0.05) is 31.1 Å². The largest absolute Gasteiger partial charge is 0.317 e. The van der Waals surface area contributed by atoms with Crippen molar-refractivity contribution in [2.75, 3.05) is 20.1 Å². The van der Waals surface area contributed by atoms with Crippen LogP contribution < -0.4 is 5.32 Å². The summed E-state index contributed by atoms with van der Waals surface area (Å²) in [5, 5.41) is 6.76. The van der Waals surface area contributed by atoms with E-state index in [0.717, 1.165) is 12.5 Å². The molecule has 16 heavy (non-hydrogen) atoms. The average Bonchev–Trinajstić information content (AvgIpc) is 2.64. The second kappa shape index (κ2) is 5.25. The van der Waals surface area contributed by atoms with Crippen molar-refractivity contribution in [1.29, 1.82) is 0 Å². The molecule has 0 saturated carbocycles. The molecule has 2 atom stereocenters. The molecule has 1 aromatic rings. The summed E-state index contributed by atoms with van der Waals surface area (Å²) in [5.74, 6) is 0.735. The van der Waals surface area contributed by atoms with Gasteiger partial charge >= 0.3 is 0 Å². The lowest BCUT2D eigenvalue weighted by Crippen LogP contribution is -2.46. The van der Waals surface area contributed by atoms with Crippen LogP contribution >= 0.6 is 11.3 Å². The first-order chi connectivity index (χ1) is 7.69. The lowest BCUT2D eigenvalue weighted by molar-refractivity contribution is 0.144. The Bertz CT molecular complexity index is 337. The highest BCUT2D eigenvalue weighted by Gasteiger charge is 2.24. The molecule has 1 aliphatic heterocycles. The Balaban J connectivity index is 1.88. The van der Waals surface area contributed by atoms with Gasteiger partial charge in [-0.15, -0.1) is 11.3 Å². The van der Waals surface area contributed by atoms with Gasteiger partial charge in [-0.1, -0.05) is 6.92 Å². The van der Waals surface area contributed by atoms with Crippen molar-refractivity contribution in [1.82, 2.24) is 15.2 Å². The van der Waals surface area contributed by atoms with Gasteiger partial charge in [-0.2, -0.15) is 0 Å². The predicted octanol–water partition coefficient (Wildman–Crippen LogP) is 1.88. The van der Waals surface area contributed by atoms with Crippen LogP contribution in [0.5, 0.6) is 0 Å². The zero-order chi connectivity index (χ0) is 11.5. The summed E-state index contributed by atoms with van der Waals surface area (Å²) in [6, 6.07) is 0.688. The number of hydrogen-bond acceptors (Lipinski definition) is 4. The average molecular weight is 239 g/mol. The summed E-state index contributed by atoms with van der Waals surface area (Å²) >= 11 is 1.75. The maximum absolute atomic E-state index is 4.53. The monoisotopic (exact) mass is 239 g/mol. The Morgan fingerprint density at radius 1 is 1.62 bits per heavy atom. The number of nitrogens with one attached hydrogen (secondary N) is 1. The first-order valence-electron chi connectivity index (χ1n) is 5.99. The van der Waals surface area contributed by atoms with Gasteiger partial charge in [-0.3, -0.25) is 4.90 Å². The molecule has 0 amide bonds. The van der Waals surface area contributed by atoms with Crippen LogP contribution in [0.2, 0.25) is 0 Å². The Morgan fingerprint density at radius 3 is 3.00 bits per heavy atom. The van der Waals surface area contributed by atoms with Gasteiger partial charge in [0.05, 0.1) is 10.7 Å². The minimum Gasteiger partial charge on any atom is -0.317 e. The molecule has 0 spiro atoms. The number of thiazole rings is 1. The predicted molar refractivity (Wildman–Crippen MR) is 68.8 cm³/mol. The van der Waals surface area contributed by atoms with E-state index in [2.05, 4.69) is 41.5 Å². The van der Waals surface area contributed by atoms with E-state index in [1.165, 1.54) is 30.2 Å². The molecule has 1 aliphatic rings. The number of likely N-dealkylation sites (tertiary alicyclic amines) is 1. The first-order valence-corrected chi connectivity index (χ1v) is 6.87. The van der Waals surface area contributed by atoms with Crippen LogP contribution in [0.4, 0.5) is 0 Å². The van der Waals surface area contributed by atoms with Gasteiger partial charge in [0.2, 0.25) is 0 Å². The van der Waals surface area contributed by atoms with Gasteiger partial charge in [-0.25, -0.2) is 4.98 Å². The summed E-state index contributed by atoms with van der Waals surface area (Å²) in [6.07, 6.45) is 1.25. The molecule has 2 heterocycles. The highest BCUT2D eigenvalue weighted by Crippen LogP contribution is 2.19. The molecule has 1 fully saturated rings. The molecule has 3 nitrogen and oxygen atoms in total. The Kier molecular flexibility index (Phi) is 3.95. The highest BCUT2D eigenvalue weighted by atomic mass is 32.1. The summed E-state index contributed by atoms with van der Waals surface area (Å²) in [6.45, 7) is 7.79. The lowest BCUT2D eigenvalue weighted by atomic mass is 9.94. The first kappa shape index (κ1) is 12.0. The fourth-order valence-electron chi connectivity index (χ4n) is 2.51. The van der Waals surface area contributed by atoms with E-state index in [1.54, 1.807) is 11.3 Å². The van der Waals surface area contributed by atoms with Crippen molar-refractivity contribution in [3.8, 4) is 0 Å². The Labute approximate surface area is 102 Å². The number of rotatable bonds is 3. The van der Waals surface area contributed by atoms with E-state index < -0.39 is 0 Å². The molecule has 1 aromatic heterocycles. The van der Waals surface area contributed by atoms with Crippen LogP contribution in [0.15, 0.2) is 5.38 Å². The maximum atomic E-state index is 4.53. The minimum absolute atomic E-state index is 0.688. The zero-order valence-electron chi connectivity index (χ0n) is 10.4. The van der Waals surface area contributed by atoms with Crippen molar-refractivity contribution < 1.29 is 0 Å². The quantitative estimate of drug-likeness (QED) is 0.873. The molecule has 0 aromatic carbocycles. The van der Waals surface area contributed by atoms with Gasteiger partial charge < -0.3 is 5.32 Å². The third kappa shape index (κ3) is 2.81. The van der Waals surface area contributed by atoms with Gasteiger partial charge in [0.25, 0.3) is 0 Å². The third-order valence-electron chi connectivity index (χ3n) is 3.41. The van der Waals surface area contributed by atoms with Crippen LogP contribution in [0, 0.1) is 12.8 Å². The SMILES string of the molecule is CNC1CCN(Cc2csc(C)n2)CC1C. The normalized spacial score (nSPS) is 27.2. The van der Waals surface area contributed by atoms with E-state index in [9.17, 15) is 0 Å². The van der Waals surface area contributed by atoms with E-state index in [4.69, 9.17) is 0 Å². The van der Waals surface area contributed by atoms with Crippen LogP contribution in [0.3, 0.4) is 0 Å². The van der Waals surface area contributed by atoms with Gasteiger partial charge in [0.15, 0.2) is 0 Å². The fraction of sp³-hybridized carbons (Fsp3) is 0.750. The molecule has 1 N–H and O–H groups in total. The lowest BCUT2D eigenvalue weighted by Gasteiger charge is -2.36. The van der Waals surface area contributed by atoms with Crippen molar-refractivity contribution in [3.05, 3.63) is 16.1 Å². The third-order valence-corrected chi connectivity index (χ3v) is 4.23. The molecule has 90 valence electrons. The van der Waals surface area contributed by atoms with Crippen LogP contribution in [-0.2, 0) is 6.54 Å². The van der Waals surface area contributed by atoms with Gasteiger partial charge in [-0.05, 0) is 26.3 Å². The van der Waals surface area contributed by atoms with Gasteiger partial charge in [0.1, 0.15) is 0 Å². The van der Waals surface area contributed by atoms with Crippen LogP contribution in [0.1, 0.15) is 24.0 Å². The zero-order valence-corrected chi connectivity index (χ0v) is 11.2. The number of aryl methyl sites for hydroxylation is 1. The topological polar surface area (TPSA) is 28.2 Å². The summed E-state index contributed by atoms with van der Waals surface area (Å²) < 4.78 is 0. The number of hydrogen-bond donors (Lipinski definition) is 1. The van der Waals surface area contributed by atoms with E-state index >= 15 is 0 Å². The molecule has 1 saturated heterocycles. The van der Waals surface area contributed by atoms with Crippen molar-refractivity contribution >= 4 is 11.3 Å². The van der Waals surface area contributed by atoms with E-state index in [0.29, 0.717) is 6.04 Å². The molecular formula is C12H21N3S. The second-order valence-electron chi connectivity index (χ2n) is 4.75. The van der Waals surface area contributed by atoms with Crippen molar-refractivity contribution in [2.24, 2.45) is 5.92 Å². The molecule has 2 unspecified atom stereocenters. The molecule has 0 bridgehead atoms. The van der Waals surface area contributed by atoms with Crippen molar-refractivity contribution in [2.45, 2.75) is 32.9 Å². The fourth-order valence-corrected chi connectivity index (χ4v) is 3.12. The molecule has 0 radical (unpaired) electrons. The maximum Gasteiger partial charge on any atom is 0.0897 e. The van der Waals surface area contributed by atoms with E-state index in [1.807, 2.05) is 0 Å². The molecular weight excluding hydrogens is 218 g/mol. The minimum atomic E-state index is 0.688. The molecule has 2 rings (SSSR count). The Hall–Kier alpha value is -0.450. The summed E-state index contributed by atoms with van der Waals surface area (Å²) in [7, 11) is 2.07.